The minimum Gasteiger partial charge on any atom is -0.481 e. The van der Waals surface area contributed by atoms with Crippen molar-refractivity contribution in [3.05, 3.63) is 18.0 Å². The van der Waals surface area contributed by atoms with Gasteiger partial charge in [0.25, 0.3) is 0 Å². The SMILES string of the molecule is CN(C(=O)Cc1ccon1)C(C)(C)CC(=O)O. The Morgan fingerprint density at radius 2 is 2.18 bits per heavy atom. The fraction of sp³-hybridized carbons (Fsp3) is 0.545. The number of aromatic nitrogens is 1. The third kappa shape index (κ3) is 3.58. The third-order valence-corrected chi connectivity index (χ3v) is 2.69. The topological polar surface area (TPSA) is 83.6 Å². The molecule has 0 fully saturated rings. The molecule has 0 aliphatic carbocycles. The van der Waals surface area contributed by atoms with E-state index in [1.807, 2.05) is 0 Å². The van der Waals surface area contributed by atoms with E-state index >= 15 is 0 Å². The highest BCUT2D eigenvalue weighted by Gasteiger charge is 2.30. The highest BCUT2D eigenvalue weighted by molar-refractivity contribution is 5.79. The van der Waals surface area contributed by atoms with E-state index in [1.165, 1.54) is 11.2 Å². The van der Waals surface area contributed by atoms with Crippen LogP contribution < -0.4 is 0 Å². The zero-order chi connectivity index (χ0) is 13.1. The lowest BCUT2D eigenvalue weighted by atomic mass is 9.98. The molecule has 0 saturated carbocycles. The summed E-state index contributed by atoms with van der Waals surface area (Å²) in [7, 11) is 1.59. The van der Waals surface area contributed by atoms with Gasteiger partial charge in [0.15, 0.2) is 0 Å². The lowest BCUT2D eigenvalue weighted by Crippen LogP contribution is -2.47. The molecule has 0 spiro atoms. The predicted octanol–water partition coefficient (Wildman–Crippen LogP) is 0.929. The summed E-state index contributed by atoms with van der Waals surface area (Å²) in [5.74, 6) is -1.12. The number of hydrogen-bond acceptors (Lipinski definition) is 4. The molecule has 1 rings (SSSR count). The first kappa shape index (κ1) is 13.2. The van der Waals surface area contributed by atoms with Crippen molar-refractivity contribution in [1.29, 1.82) is 0 Å². The minimum atomic E-state index is -0.934. The number of carbonyl (C=O) groups excluding carboxylic acids is 1. The van der Waals surface area contributed by atoms with Gasteiger partial charge >= 0.3 is 5.97 Å². The van der Waals surface area contributed by atoms with Crippen LogP contribution in [0, 0.1) is 0 Å². The van der Waals surface area contributed by atoms with Crippen molar-refractivity contribution < 1.29 is 19.2 Å². The number of aliphatic carboxylic acids is 1. The van der Waals surface area contributed by atoms with Crippen LogP contribution in [0.15, 0.2) is 16.9 Å². The molecular formula is C11H16N2O4. The average molecular weight is 240 g/mol. The number of likely N-dealkylation sites (N-methyl/N-ethyl adjacent to an activating group) is 1. The van der Waals surface area contributed by atoms with E-state index < -0.39 is 11.5 Å². The number of amides is 1. The Balaban J connectivity index is 2.65. The second-order valence-corrected chi connectivity index (χ2v) is 4.50. The molecule has 1 aromatic rings. The van der Waals surface area contributed by atoms with Gasteiger partial charge in [0, 0.05) is 18.7 Å². The van der Waals surface area contributed by atoms with Gasteiger partial charge in [-0.1, -0.05) is 5.16 Å². The number of hydrogen-bond donors (Lipinski definition) is 1. The lowest BCUT2D eigenvalue weighted by molar-refractivity contribution is -0.142. The maximum Gasteiger partial charge on any atom is 0.305 e. The maximum absolute atomic E-state index is 11.9. The van der Waals surface area contributed by atoms with Crippen LogP contribution >= 0.6 is 0 Å². The lowest BCUT2D eigenvalue weighted by Gasteiger charge is -2.34. The second kappa shape index (κ2) is 4.99. The summed E-state index contributed by atoms with van der Waals surface area (Å²) in [6.45, 7) is 3.42. The van der Waals surface area contributed by atoms with Gasteiger partial charge in [-0.05, 0) is 13.8 Å². The van der Waals surface area contributed by atoms with Gasteiger partial charge < -0.3 is 14.5 Å². The quantitative estimate of drug-likeness (QED) is 0.827. The highest BCUT2D eigenvalue weighted by atomic mass is 16.5. The molecule has 0 atom stereocenters. The summed E-state index contributed by atoms with van der Waals surface area (Å²) >= 11 is 0. The second-order valence-electron chi connectivity index (χ2n) is 4.50. The fourth-order valence-electron chi connectivity index (χ4n) is 1.43. The van der Waals surface area contributed by atoms with E-state index in [0.717, 1.165) is 0 Å². The zero-order valence-corrected chi connectivity index (χ0v) is 10.1. The Morgan fingerprint density at radius 3 is 2.65 bits per heavy atom. The third-order valence-electron chi connectivity index (χ3n) is 2.69. The molecule has 0 aliphatic heterocycles. The van der Waals surface area contributed by atoms with Crippen LogP contribution in [-0.4, -0.2) is 39.6 Å². The molecule has 1 heterocycles. The van der Waals surface area contributed by atoms with Crippen LogP contribution in [0.5, 0.6) is 0 Å². The van der Waals surface area contributed by atoms with Gasteiger partial charge in [-0.15, -0.1) is 0 Å². The zero-order valence-electron chi connectivity index (χ0n) is 10.1. The Morgan fingerprint density at radius 1 is 1.53 bits per heavy atom. The first-order chi connectivity index (χ1) is 7.83. The molecule has 6 nitrogen and oxygen atoms in total. The summed E-state index contributed by atoms with van der Waals surface area (Å²) in [4.78, 5) is 24.0. The maximum atomic E-state index is 11.9. The van der Waals surface area contributed by atoms with Gasteiger partial charge in [-0.2, -0.15) is 0 Å². The van der Waals surface area contributed by atoms with Crippen molar-refractivity contribution in [2.45, 2.75) is 32.2 Å². The molecule has 6 heteroatoms. The van der Waals surface area contributed by atoms with Crippen LogP contribution in [0.2, 0.25) is 0 Å². The molecule has 94 valence electrons. The van der Waals surface area contributed by atoms with E-state index in [1.54, 1.807) is 27.0 Å². The van der Waals surface area contributed by atoms with Gasteiger partial charge in [0.05, 0.1) is 18.5 Å². The molecule has 0 unspecified atom stereocenters. The molecule has 0 aromatic carbocycles. The van der Waals surface area contributed by atoms with Crippen molar-refractivity contribution in [2.24, 2.45) is 0 Å². The highest BCUT2D eigenvalue weighted by Crippen LogP contribution is 2.18. The van der Waals surface area contributed by atoms with Gasteiger partial charge in [-0.3, -0.25) is 9.59 Å². The van der Waals surface area contributed by atoms with Crippen LogP contribution in [-0.2, 0) is 16.0 Å². The molecule has 0 saturated heterocycles. The minimum absolute atomic E-state index is 0.103. The normalized spacial score (nSPS) is 11.2. The Labute approximate surface area is 99.2 Å². The van der Waals surface area contributed by atoms with E-state index in [4.69, 9.17) is 5.11 Å². The number of rotatable bonds is 5. The molecular weight excluding hydrogens is 224 g/mol. The van der Waals surface area contributed by atoms with E-state index in [0.29, 0.717) is 5.69 Å². The summed E-state index contributed by atoms with van der Waals surface area (Å²) < 4.78 is 4.63. The first-order valence-electron chi connectivity index (χ1n) is 5.20. The predicted molar refractivity (Wildman–Crippen MR) is 59.3 cm³/mol. The van der Waals surface area contributed by atoms with Crippen LogP contribution in [0.1, 0.15) is 26.0 Å². The molecule has 17 heavy (non-hydrogen) atoms. The summed E-state index contributed by atoms with van der Waals surface area (Å²) in [6.07, 6.45) is 1.40. The van der Waals surface area contributed by atoms with Crippen LogP contribution in [0.3, 0.4) is 0 Å². The summed E-state index contributed by atoms with van der Waals surface area (Å²) in [5, 5.41) is 12.4. The Bertz CT molecular complexity index is 398. The monoisotopic (exact) mass is 240 g/mol. The largest absolute Gasteiger partial charge is 0.481 e. The van der Waals surface area contributed by atoms with Crippen molar-refractivity contribution in [3.63, 3.8) is 0 Å². The number of nitrogens with zero attached hydrogens (tertiary/aromatic N) is 2. The van der Waals surface area contributed by atoms with E-state index in [2.05, 4.69) is 9.68 Å². The summed E-state index contributed by atoms with van der Waals surface area (Å²) in [5.41, 5.74) is -0.194. The molecule has 1 aromatic heterocycles. The van der Waals surface area contributed by atoms with E-state index in [-0.39, 0.29) is 18.7 Å². The fourth-order valence-corrected chi connectivity index (χ4v) is 1.43. The van der Waals surface area contributed by atoms with Crippen molar-refractivity contribution in [2.75, 3.05) is 7.05 Å². The van der Waals surface area contributed by atoms with Gasteiger partial charge in [0.1, 0.15) is 6.26 Å². The average Bonchev–Trinajstić information content (AvgIpc) is 2.67. The molecule has 0 bridgehead atoms. The molecule has 1 amide bonds. The van der Waals surface area contributed by atoms with Crippen LogP contribution in [0.4, 0.5) is 0 Å². The van der Waals surface area contributed by atoms with Crippen molar-refractivity contribution >= 4 is 11.9 Å². The number of carboxylic acid groups (broad SMARTS) is 1. The van der Waals surface area contributed by atoms with Gasteiger partial charge in [-0.25, -0.2) is 0 Å². The van der Waals surface area contributed by atoms with Crippen molar-refractivity contribution in [1.82, 2.24) is 10.1 Å². The summed E-state index contributed by atoms with van der Waals surface area (Å²) in [6, 6.07) is 1.61. The molecule has 0 aliphatic rings. The molecule has 1 N–H and O–H groups in total. The molecule has 0 radical (unpaired) electrons. The van der Waals surface area contributed by atoms with Crippen LogP contribution in [0.25, 0.3) is 0 Å². The van der Waals surface area contributed by atoms with E-state index in [9.17, 15) is 9.59 Å². The standard InChI is InChI=1S/C11H16N2O4/c1-11(2,7-10(15)16)13(3)9(14)6-8-4-5-17-12-8/h4-5H,6-7H2,1-3H3,(H,15,16). The van der Waals surface area contributed by atoms with Crippen molar-refractivity contribution in [3.8, 4) is 0 Å². The van der Waals surface area contributed by atoms with Gasteiger partial charge in [0.2, 0.25) is 5.91 Å². The number of carboxylic acids is 1. The first-order valence-corrected chi connectivity index (χ1v) is 5.20. The number of carbonyl (C=O) groups is 2. The Hall–Kier alpha value is -1.85. The smallest absolute Gasteiger partial charge is 0.305 e. The Kier molecular flexibility index (Phi) is 3.88.